The summed E-state index contributed by atoms with van der Waals surface area (Å²) >= 11 is 0. The summed E-state index contributed by atoms with van der Waals surface area (Å²) in [5.74, 6) is 0.718. The van der Waals surface area contributed by atoms with Gasteiger partial charge in [-0.1, -0.05) is 27.2 Å². The van der Waals surface area contributed by atoms with Gasteiger partial charge in [-0.3, -0.25) is 4.68 Å². The predicted octanol–water partition coefficient (Wildman–Crippen LogP) is 3.17. The number of aromatic nitrogens is 2. The van der Waals surface area contributed by atoms with E-state index in [9.17, 15) is 0 Å². The first kappa shape index (κ1) is 15.2. The number of rotatable bonds is 8. The van der Waals surface area contributed by atoms with Crippen LogP contribution in [-0.4, -0.2) is 22.4 Å². The molecule has 3 nitrogen and oxygen atoms in total. The molecule has 18 heavy (non-hydrogen) atoms. The van der Waals surface area contributed by atoms with Gasteiger partial charge in [0.15, 0.2) is 0 Å². The highest BCUT2D eigenvalue weighted by Crippen LogP contribution is 2.16. The average Bonchev–Trinajstić information content (AvgIpc) is 2.69. The Kier molecular flexibility index (Phi) is 6.41. The molecule has 0 aliphatic carbocycles. The second-order valence-corrected chi connectivity index (χ2v) is 5.23. The third-order valence-electron chi connectivity index (χ3n) is 3.61. The molecule has 2 unspecified atom stereocenters. The number of likely N-dealkylation sites (N-methyl/N-ethyl adjacent to an activating group) is 1. The van der Waals surface area contributed by atoms with Crippen LogP contribution in [0.15, 0.2) is 6.07 Å². The molecule has 0 aliphatic rings. The monoisotopic (exact) mass is 251 g/mol. The van der Waals surface area contributed by atoms with Crippen molar-refractivity contribution in [1.82, 2.24) is 15.1 Å². The van der Waals surface area contributed by atoms with Crippen LogP contribution in [0, 0.1) is 12.8 Å². The SMILES string of the molecule is CCCC(C)C(Cc1cc(C)nn1CC)NCC. The number of aryl methyl sites for hydroxylation is 2. The minimum atomic E-state index is 0.566. The molecule has 0 aliphatic heterocycles. The lowest BCUT2D eigenvalue weighted by Crippen LogP contribution is -2.37. The Labute approximate surface area is 112 Å². The number of hydrogen-bond acceptors (Lipinski definition) is 2. The molecule has 1 heterocycles. The highest BCUT2D eigenvalue weighted by molar-refractivity contribution is 5.10. The van der Waals surface area contributed by atoms with Gasteiger partial charge in [0.2, 0.25) is 0 Å². The van der Waals surface area contributed by atoms with Gasteiger partial charge in [-0.2, -0.15) is 5.10 Å². The zero-order valence-corrected chi connectivity index (χ0v) is 12.7. The molecule has 0 fully saturated rings. The predicted molar refractivity (Wildman–Crippen MR) is 77.9 cm³/mol. The minimum absolute atomic E-state index is 0.566. The van der Waals surface area contributed by atoms with Crippen LogP contribution in [0.25, 0.3) is 0 Å². The van der Waals surface area contributed by atoms with E-state index in [-0.39, 0.29) is 0 Å². The first-order chi connectivity index (χ1) is 8.62. The summed E-state index contributed by atoms with van der Waals surface area (Å²) in [5, 5.41) is 8.17. The summed E-state index contributed by atoms with van der Waals surface area (Å²) in [7, 11) is 0. The van der Waals surface area contributed by atoms with Crippen molar-refractivity contribution < 1.29 is 0 Å². The van der Waals surface area contributed by atoms with E-state index in [0.29, 0.717) is 6.04 Å². The largest absolute Gasteiger partial charge is 0.314 e. The van der Waals surface area contributed by atoms with E-state index in [2.05, 4.69) is 55.8 Å². The third-order valence-corrected chi connectivity index (χ3v) is 3.61. The maximum Gasteiger partial charge on any atom is 0.0596 e. The Balaban J connectivity index is 2.75. The molecular formula is C15H29N3. The van der Waals surface area contributed by atoms with Crippen molar-refractivity contribution in [3.8, 4) is 0 Å². The molecule has 2 atom stereocenters. The topological polar surface area (TPSA) is 29.9 Å². The quantitative estimate of drug-likeness (QED) is 0.769. The Morgan fingerprint density at radius 2 is 2.06 bits per heavy atom. The second-order valence-electron chi connectivity index (χ2n) is 5.23. The van der Waals surface area contributed by atoms with Crippen LogP contribution in [0.2, 0.25) is 0 Å². The van der Waals surface area contributed by atoms with Crippen LogP contribution < -0.4 is 5.32 Å². The molecule has 0 bridgehead atoms. The van der Waals surface area contributed by atoms with Crippen molar-refractivity contribution in [2.45, 2.75) is 66.5 Å². The minimum Gasteiger partial charge on any atom is -0.314 e. The van der Waals surface area contributed by atoms with Gasteiger partial charge in [-0.05, 0) is 38.8 Å². The number of nitrogens with one attached hydrogen (secondary N) is 1. The summed E-state index contributed by atoms with van der Waals surface area (Å²) in [6.07, 6.45) is 3.63. The Morgan fingerprint density at radius 3 is 2.61 bits per heavy atom. The van der Waals surface area contributed by atoms with Gasteiger partial charge in [0, 0.05) is 24.7 Å². The molecular weight excluding hydrogens is 222 g/mol. The van der Waals surface area contributed by atoms with Gasteiger partial charge >= 0.3 is 0 Å². The molecule has 0 radical (unpaired) electrons. The fourth-order valence-electron chi connectivity index (χ4n) is 2.66. The second kappa shape index (κ2) is 7.57. The first-order valence-electron chi connectivity index (χ1n) is 7.39. The van der Waals surface area contributed by atoms with Gasteiger partial charge in [0.05, 0.1) is 5.69 Å². The van der Waals surface area contributed by atoms with Gasteiger partial charge in [0.25, 0.3) is 0 Å². The maximum absolute atomic E-state index is 4.54. The molecule has 0 aromatic carbocycles. The molecule has 3 heteroatoms. The Morgan fingerprint density at radius 1 is 1.33 bits per heavy atom. The van der Waals surface area contributed by atoms with Crippen molar-refractivity contribution in [2.75, 3.05) is 6.54 Å². The summed E-state index contributed by atoms with van der Waals surface area (Å²) in [5.41, 5.74) is 2.49. The van der Waals surface area contributed by atoms with Crippen LogP contribution in [0.5, 0.6) is 0 Å². The molecule has 104 valence electrons. The van der Waals surface area contributed by atoms with E-state index in [1.54, 1.807) is 0 Å². The average molecular weight is 251 g/mol. The summed E-state index contributed by atoms with van der Waals surface area (Å²) in [6, 6.07) is 2.79. The standard InChI is InChI=1S/C15H29N3/c1-6-9-12(4)15(16-7-2)11-14-10-13(5)17-18(14)8-3/h10,12,15-16H,6-9,11H2,1-5H3. The smallest absolute Gasteiger partial charge is 0.0596 e. The van der Waals surface area contributed by atoms with E-state index in [1.807, 2.05) is 0 Å². The Hall–Kier alpha value is -0.830. The lowest BCUT2D eigenvalue weighted by molar-refractivity contribution is 0.351. The summed E-state index contributed by atoms with van der Waals surface area (Å²) < 4.78 is 2.14. The number of nitrogens with zero attached hydrogens (tertiary/aromatic N) is 2. The molecule has 1 N–H and O–H groups in total. The summed E-state index contributed by atoms with van der Waals surface area (Å²) in [4.78, 5) is 0. The molecule has 1 rings (SSSR count). The molecule has 1 aromatic rings. The Bertz CT molecular complexity index is 344. The summed E-state index contributed by atoms with van der Waals surface area (Å²) in [6.45, 7) is 13.0. The number of hydrogen-bond donors (Lipinski definition) is 1. The van der Waals surface area contributed by atoms with Gasteiger partial charge in [-0.15, -0.1) is 0 Å². The molecule has 1 aromatic heterocycles. The molecule has 0 saturated carbocycles. The van der Waals surface area contributed by atoms with Gasteiger partial charge < -0.3 is 5.32 Å². The van der Waals surface area contributed by atoms with E-state index < -0.39 is 0 Å². The zero-order chi connectivity index (χ0) is 13.5. The molecule has 0 spiro atoms. The highest BCUT2D eigenvalue weighted by atomic mass is 15.3. The lowest BCUT2D eigenvalue weighted by atomic mass is 9.93. The van der Waals surface area contributed by atoms with E-state index in [0.717, 1.165) is 31.1 Å². The van der Waals surface area contributed by atoms with Crippen molar-refractivity contribution in [1.29, 1.82) is 0 Å². The molecule has 0 amide bonds. The van der Waals surface area contributed by atoms with Crippen LogP contribution in [0.1, 0.15) is 51.9 Å². The molecule has 0 saturated heterocycles. The normalized spacial score (nSPS) is 14.7. The van der Waals surface area contributed by atoms with Crippen molar-refractivity contribution in [2.24, 2.45) is 5.92 Å². The van der Waals surface area contributed by atoms with Gasteiger partial charge in [0.1, 0.15) is 0 Å². The highest BCUT2D eigenvalue weighted by Gasteiger charge is 2.18. The van der Waals surface area contributed by atoms with Crippen LogP contribution in [-0.2, 0) is 13.0 Å². The zero-order valence-electron chi connectivity index (χ0n) is 12.7. The van der Waals surface area contributed by atoms with Crippen molar-refractivity contribution in [3.63, 3.8) is 0 Å². The third kappa shape index (κ3) is 4.13. The maximum atomic E-state index is 4.54. The van der Waals surface area contributed by atoms with Crippen molar-refractivity contribution >= 4 is 0 Å². The van der Waals surface area contributed by atoms with E-state index >= 15 is 0 Å². The van der Waals surface area contributed by atoms with Crippen LogP contribution >= 0.6 is 0 Å². The van der Waals surface area contributed by atoms with E-state index in [1.165, 1.54) is 18.5 Å². The van der Waals surface area contributed by atoms with Crippen LogP contribution in [0.4, 0.5) is 0 Å². The van der Waals surface area contributed by atoms with Gasteiger partial charge in [-0.25, -0.2) is 0 Å². The fourth-order valence-corrected chi connectivity index (χ4v) is 2.66. The lowest BCUT2D eigenvalue weighted by Gasteiger charge is -2.24. The van der Waals surface area contributed by atoms with E-state index in [4.69, 9.17) is 0 Å². The first-order valence-corrected chi connectivity index (χ1v) is 7.39. The van der Waals surface area contributed by atoms with Crippen LogP contribution in [0.3, 0.4) is 0 Å². The van der Waals surface area contributed by atoms with Crippen molar-refractivity contribution in [3.05, 3.63) is 17.5 Å². The fraction of sp³-hybridized carbons (Fsp3) is 0.800.